The van der Waals surface area contributed by atoms with Gasteiger partial charge in [-0.15, -0.1) is 0 Å². The molecule has 1 aromatic heterocycles. The Morgan fingerprint density at radius 2 is 1.76 bits per heavy atom. The van der Waals surface area contributed by atoms with Crippen molar-refractivity contribution >= 4 is 11.0 Å². The number of ether oxygens (including phenoxy) is 2. The Hall–Kier alpha value is -2.34. The summed E-state index contributed by atoms with van der Waals surface area (Å²) in [6, 6.07) is 16.7. The number of methoxy groups -OCH3 is 1. The zero-order chi connectivity index (χ0) is 19.9. The predicted molar refractivity (Wildman–Crippen MR) is 115 cm³/mol. The highest BCUT2D eigenvalue weighted by Crippen LogP contribution is 2.17. The normalized spacial score (nSPS) is 15.8. The highest BCUT2D eigenvalue weighted by molar-refractivity contribution is 5.77. The van der Waals surface area contributed by atoms with Gasteiger partial charge in [0.2, 0.25) is 0 Å². The Balaban J connectivity index is 1.11. The summed E-state index contributed by atoms with van der Waals surface area (Å²) in [5, 5.41) is 1.16. The number of fused-ring (bicyclic) bond motifs is 1. The Labute approximate surface area is 172 Å². The van der Waals surface area contributed by atoms with Crippen LogP contribution < -0.4 is 4.74 Å². The van der Waals surface area contributed by atoms with Gasteiger partial charge in [-0.05, 0) is 47.9 Å². The third kappa shape index (κ3) is 5.60. The number of benzene rings is 2. The van der Waals surface area contributed by atoms with Crippen LogP contribution in [0.4, 0.5) is 0 Å². The van der Waals surface area contributed by atoms with Crippen LogP contribution >= 0.6 is 0 Å². The highest BCUT2D eigenvalue weighted by atomic mass is 16.5. The van der Waals surface area contributed by atoms with E-state index in [9.17, 15) is 0 Å². The van der Waals surface area contributed by atoms with E-state index in [1.807, 2.05) is 18.2 Å². The minimum atomic E-state index is 0.763. The van der Waals surface area contributed by atoms with E-state index in [1.54, 1.807) is 13.4 Å². The molecule has 1 saturated heterocycles. The minimum Gasteiger partial charge on any atom is -0.497 e. The molecular formula is C24H30N2O3. The van der Waals surface area contributed by atoms with Crippen molar-refractivity contribution in [3.63, 3.8) is 0 Å². The van der Waals surface area contributed by atoms with E-state index in [1.165, 1.54) is 11.1 Å². The van der Waals surface area contributed by atoms with Crippen LogP contribution in [0.25, 0.3) is 11.0 Å². The van der Waals surface area contributed by atoms with Crippen molar-refractivity contribution < 1.29 is 13.9 Å². The summed E-state index contributed by atoms with van der Waals surface area (Å²) in [6.07, 6.45) is 2.68. The summed E-state index contributed by atoms with van der Waals surface area (Å²) in [7, 11) is 1.72. The van der Waals surface area contributed by atoms with Crippen LogP contribution in [0.2, 0.25) is 0 Å². The molecule has 1 aliphatic heterocycles. The zero-order valence-electron chi connectivity index (χ0n) is 17.2. The molecule has 29 heavy (non-hydrogen) atoms. The molecule has 3 aromatic rings. The molecule has 0 spiro atoms. The van der Waals surface area contributed by atoms with E-state index in [2.05, 4.69) is 40.1 Å². The van der Waals surface area contributed by atoms with Gasteiger partial charge >= 0.3 is 0 Å². The van der Waals surface area contributed by atoms with Crippen LogP contribution in [0.1, 0.15) is 11.1 Å². The molecule has 0 aliphatic carbocycles. The lowest BCUT2D eigenvalue weighted by Gasteiger charge is -2.34. The van der Waals surface area contributed by atoms with Crippen molar-refractivity contribution in [1.29, 1.82) is 0 Å². The second kappa shape index (κ2) is 9.92. The predicted octanol–water partition coefficient (Wildman–Crippen LogP) is 3.82. The lowest BCUT2D eigenvalue weighted by atomic mass is 10.1. The Bertz CT molecular complexity index is 900. The number of furan rings is 1. The first-order chi connectivity index (χ1) is 14.3. The van der Waals surface area contributed by atoms with Crippen LogP contribution in [-0.2, 0) is 17.7 Å². The third-order valence-corrected chi connectivity index (χ3v) is 5.61. The average Bonchev–Trinajstić information content (AvgIpc) is 3.23. The molecule has 1 fully saturated rings. The molecular weight excluding hydrogens is 364 g/mol. The van der Waals surface area contributed by atoms with E-state index in [4.69, 9.17) is 13.9 Å². The smallest absolute Gasteiger partial charge is 0.133 e. The highest BCUT2D eigenvalue weighted by Gasteiger charge is 2.16. The third-order valence-electron chi connectivity index (χ3n) is 5.61. The van der Waals surface area contributed by atoms with Gasteiger partial charge in [0, 0.05) is 44.7 Å². The number of hydrogen-bond donors (Lipinski definition) is 0. The first kappa shape index (κ1) is 20.0. The van der Waals surface area contributed by atoms with Gasteiger partial charge in [-0.2, -0.15) is 0 Å². The monoisotopic (exact) mass is 394 g/mol. The largest absolute Gasteiger partial charge is 0.497 e. The molecule has 2 aromatic carbocycles. The van der Waals surface area contributed by atoms with E-state index in [0.717, 1.165) is 75.6 Å². The lowest BCUT2D eigenvalue weighted by Crippen LogP contribution is -2.46. The van der Waals surface area contributed by atoms with E-state index in [0.29, 0.717) is 0 Å². The van der Waals surface area contributed by atoms with Gasteiger partial charge in [0.15, 0.2) is 0 Å². The maximum atomic E-state index is 5.89. The summed E-state index contributed by atoms with van der Waals surface area (Å²) in [5.74, 6) is 0.933. The van der Waals surface area contributed by atoms with Gasteiger partial charge < -0.3 is 13.9 Å². The van der Waals surface area contributed by atoms with Gasteiger partial charge in [0.05, 0.1) is 26.6 Å². The van der Waals surface area contributed by atoms with E-state index in [-0.39, 0.29) is 0 Å². The van der Waals surface area contributed by atoms with Crippen molar-refractivity contribution in [2.24, 2.45) is 0 Å². The summed E-state index contributed by atoms with van der Waals surface area (Å²) >= 11 is 0. The minimum absolute atomic E-state index is 0.763. The quantitative estimate of drug-likeness (QED) is 0.516. The SMILES string of the molecule is COc1cccc(CN2CCN(CCOCCc3ccc4occc4c3)CC2)c1. The van der Waals surface area contributed by atoms with Crippen molar-refractivity contribution in [2.75, 3.05) is 53.0 Å². The molecule has 154 valence electrons. The van der Waals surface area contributed by atoms with Crippen molar-refractivity contribution in [3.8, 4) is 5.75 Å². The molecule has 0 saturated carbocycles. The molecule has 0 amide bonds. The van der Waals surface area contributed by atoms with Gasteiger partial charge in [-0.1, -0.05) is 18.2 Å². The van der Waals surface area contributed by atoms with Gasteiger partial charge in [0.1, 0.15) is 11.3 Å². The van der Waals surface area contributed by atoms with Crippen LogP contribution in [0.15, 0.2) is 59.2 Å². The fraction of sp³-hybridized carbons (Fsp3) is 0.417. The van der Waals surface area contributed by atoms with Crippen molar-refractivity contribution in [1.82, 2.24) is 9.80 Å². The maximum absolute atomic E-state index is 5.89. The van der Waals surface area contributed by atoms with Gasteiger partial charge in [-0.25, -0.2) is 0 Å². The lowest BCUT2D eigenvalue weighted by molar-refractivity contribution is 0.0747. The molecule has 4 rings (SSSR count). The first-order valence-corrected chi connectivity index (χ1v) is 10.4. The second-order valence-corrected chi connectivity index (χ2v) is 7.62. The fourth-order valence-corrected chi connectivity index (χ4v) is 3.86. The zero-order valence-corrected chi connectivity index (χ0v) is 17.2. The van der Waals surface area contributed by atoms with Crippen molar-refractivity contribution in [3.05, 3.63) is 65.9 Å². The van der Waals surface area contributed by atoms with Gasteiger partial charge in [0.25, 0.3) is 0 Å². The molecule has 0 unspecified atom stereocenters. The van der Waals surface area contributed by atoms with E-state index >= 15 is 0 Å². The summed E-state index contributed by atoms with van der Waals surface area (Å²) in [6.45, 7) is 7.96. The molecule has 0 bridgehead atoms. The standard InChI is InChI=1S/C24H30N2O3/c1-27-23-4-2-3-21(18-23)19-26-11-9-25(10-12-26)13-16-28-14-7-20-5-6-24-22(17-20)8-15-29-24/h2-6,8,15,17-18H,7,9-14,16,19H2,1H3. The van der Waals surface area contributed by atoms with Crippen LogP contribution in [0.3, 0.4) is 0 Å². The summed E-state index contributed by atoms with van der Waals surface area (Å²) < 4.78 is 16.6. The van der Waals surface area contributed by atoms with Gasteiger partial charge in [-0.3, -0.25) is 9.80 Å². The number of piperazine rings is 1. The van der Waals surface area contributed by atoms with Crippen LogP contribution in [-0.4, -0.2) is 62.8 Å². The molecule has 0 radical (unpaired) electrons. The van der Waals surface area contributed by atoms with Crippen LogP contribution in [0, 0.1) is 0 Å². The Morgan fingerprint density at radius 3 is 2.62 bits per heavy atom. The fourth-order valence-electron chi connectivity index (χ4n) is 3.86. The summed E-state index contributed by atoms with van der Waals surface area (Å²) in [5.41, 5.74) is 3.56. The molecule has 5 heteroatoms. The maximum Gasteiger partial charge on any atom is 0.133 e. The molecule has 1 aliphatic rings. The van der Waals surface area contributed by atoms with Crippen LogP contribution in [0.5, 0.6) is 5.75 Å². The molecule has 0 N–H and O–H groups in total. The Kier molecular flexibility index (Phi) is 6.83. The average molecular weight is 395 g/mol. The first-order valence-electron chi connectivity index (χ1n) is 10.4. The number of rotatable bonds is 9. The molecule has 0 atom stereocenters. The topological polar surface area (TPSA) is 38.1 Å². The Morgan fingerprint density at radius 1 is 0.897 bits per heavy atom. The molecule has 2 heterocycles. The molecule has 5 nitrogen and oxygen atoms in total. The van der Waals surface area contributed by atoms with Crippen molar-refractivity contribution in [2.45, 2.75) is 13.0 Å². The summed E-state index contributed by atoms with van der Waals surface area (Å²) in [4.78, 5) is 5.01. The second-order valence-electron chi connectivity index (χ2n) is 7.62. The van der Waals surface area contributed by atoms with E-state index < -0.39 is 0 Å². The number of hydrogen-bond acceptors (Lipinski definition) is 5. The number of nitrogens with zero attached hydrogens (tertiary/aromatic N) is 2.